The van der Waals surface area contributed by atoms with Crippen LogP contribution in [0.15, 0.2) is 48.7 Å². The zero-order chi connectivity index (χ0) is 11.5. The van der Waals surface area contributed by atoms with Crippen molar-refractivity contribution in [2.75, 3.05) is 0 Å². The van der Waals surface area contributed by atoms with Crippen molar-refractivity contribution in [3.05, 3.63) is 65.3 Å². The van der Waals surface area contributed by atoms with E-state index in [1.165, 1.54) is 5.56 Å². The van der Waals surface area contributed by atoms with Crippen LogP contribution >= 0.6 is 0 Å². The molecule has 1 unspecified atom stereocenters. The number of benzene rings is 1. The van der Waals surface area contributed by atoms with E-state index in [0.29, 0.717) is 11.4 Å². The molecule has 1 aromatic heterocycles. The standard InChI is InChI=1S/C14H16N2/c1-11-10-14(15)8-9-16(11)12(2)13-6-4-3-5-7-13/h3-10,12,15H,1-2H3. The first kappa shape index (κ1) is 10.7. The van der Waals surface area contributed by atoms with Crippen molar-refractivity contribution in [2.24, 2.45) is 0 Å². The molecule has 1 N–H and O–H groups in total. The fourth-order valence-electron chi connectivity index (χ4n) is 1.95. The zero-order valence-corrected chi connectivity index (χ0v) is 9.64. The van der Waals surface area contributed by atoms with Crippen molar-refractivity contribution in [3.8, 4) is 0 Å². The number of nitrogens with zero attached hydrogens (tertiary/aromatic N) is 1. The maximum Gasteiger partial charge on any atom is 0.0571 e. The Morgan fingerprint density at radius 2 is 1.81 bits per heavy atom. The van der Waals surface area contributed by atoms with Gasteiger partial charge in [0, 0.05) is 11.9 Å². The molecule has 2 aromatic rings. The molecule has 0 aliphatic carbocycles. The Kier molecular flexibility index (Phi) is 2.91. The van der Waals surface area contributed by atoms with Gasteiger partial charge in [-0.2, -0.15) is 0 Å². The summed E-state index contributed by atoms with van der Waals surface area (Å²) in [5.74, 6) is 0. The highest BCUT2D eigenvalue weighted by atomic mass is 15.0. The van der Waals surface area contributed by atoms with Gasteiger partial charge in [-0.05, 0) is 31.5 Å². The summed E-state index contributed by atoms with van der Waals surface area (Å²) in [5, 5.41) is 8.13. The van der Waals surface area contributed by atoms with Gasteiger partial charge in [0.1, 0.15) is 0 Å². The predicted molar refractivity (Wildman–Crippen MR) is 65.3 cm³/mol. The number of aromatic nitrogens is 1. The van der Waals surface area contributed by atoms with Crippen LogP contribution in [0.5, 0.6) is 0 Å². The molecule has 2 heteroatoms. The molecule has 0 aliphatic heterocycles. The third-order valence-corrected chi connectivity index (χ3v) is 2.89. The number of pyridine rings is 1. The van der Waals surface area contributed by atoms with Crippen LogP contribution in [0.4, 0.5) is 0 Å². The zero-order valence-electron chi connectivity index (χ0n) is 9.64. The third kappa shape index (κ3) is 2.06. The molecule has 0 radical (unpaired) electrons. The Balaban J connectivity index is 2.42. The number of hydrogen-bond acceptors (Lipinski definition) is 1. The molecule has 0 bridgehead atoms. The van der Waals surface area contributed by atoms with E-state index in [4.69, 9.17) is 5.41 Å². The molecule has 2 nitrogen and oxygen atoms in total. The first-order valence-corrected chi connectivity index (χ1v) is 5.47. The Hall–Kier alpha value is -1.83. The van der Waals surface area contributed by atoms with Crippen molar-refractivity contribution >= 4 is 0 Å². The fraction of sp³-hybridized carbons (Fsp3) is 0.214. The van der Waals surface area contributed by atoms with Crippen molar-refractivity contribution in [3.63, 3.8) is 0 Å². The molecule has 2 rings (SSSR count). The van der Waals surface area contributed by atoms with E-state index in [9.17, 15) is 0 Å². The number of aryl methyl sites for hydroxylation is 1. The van der Waals surface area contributed by atoms with Gasteiger partial charge in [0.25, 0.3) is 0 Å². The molecule has 0 amide bonds. The minimum atomic E-state index is 0.307. The van der Waals surface area contributed by atoms with Gasteiger partial charge in [-0.1, -0.05) is 30.3 Å². The smallest absolute Gasteiger partial charge is 0.0571 e. The molecular weight excluding hydrogens is 196 g/mol. The Bertz CT molecular complexity index is 526. The van der Waals surface area contributed by atoms with Gasteiger partial charge >= 0.3 is 0 Å². The number of hydrogen-bond donors (Lipinski definition) is 1. The molecule has 16 heavy (non-hydrogen) atoms. The van der Waals surface area contributed by atoms with E-state index < -0.39 is 0 Å². The highest BCUT2D eigenvalue weighted by Gasteiger charge is 2.07. The lowest BCUT2D eigenvalue weighted by molar-refractivity contribution is 0.614. The number of rotatable bonds is 2. The maximum absolute atomic E-state index is 7.56. The normalized spacial score (nSPS) is 12.4. The van der Waals surface area contributed by atoms with Gasteiger partial charge in [0.2, 0.25) is 0 Å². The van der Waals surface area contributed by atoms with Crippen LogP contribution in [0.2, 0.25) is 0 Å². The first-order valence-electron chi connectivity index (χ1n) is 5.47. The maximum atomic E-state index is 7.56. The van der Waals surface area contributed by atoms with Gasteiger partial charge in [-0.3, -0.25) is 0 Å². The summed E-state index contributed by atoms with van der Waals surface area (Å²) < 4.78 is 2.19. The Labute approximate surface area is 95.7 Å². The van der Waals surface area contributed by atoms with E-state index in [-0.39, 0.29) is 0 Å². The molecule has 1 atom stereocenters. The molecule has 1 aromatic carbocycles. The van der Waals surface area contributed by atoms with E-state index in [1.54, 1.807) is 0 Å². The van der Waals surface area contributed by atoms with E-state index in [2.05, 4.69) is 35.8 Å². The molecule has 0 saturated heterocycles. The topological polar surface area (TPSA) is 28.8 Å². The van der Waals surface area contributed by atoms with E-state index >= 15 is 0 Å². The highest BCUT2D eigenvalue weighted by molar-refractivity contribution is 5.20. The summed E-state index contributed by atoms with van der Waals surface area (Å²) in [6, 6.07) is 14.4. The molecule has 0 saturated carbocycles. The number of nitrogens with one attached hydrogen (secondary N) is 1. The van der Waals surface area contributed by atoms with Crippen LogP contribution < -0.4 is 5.36 Å². The predicted octanol–water partition coefficient (Wildman–Crippen LogP) is 2.89. The summed E-state index contributed by atoms with van der Waals surface area (Å²) in [7, 11) is 0. The fourth-order valence-corrected chi connectivity index (χ4v) is 1.95. The summed E-state index contributed by atoms with van der Waals surface area (Å²) >= 11 is 0. The largest absolute Gasteiger partial charge is 0.344 e. The second-order valence-corrected chi connectivity index (χ2v) is 4.05. The van der Waals surface area contributed by atoms with Gasteiger partial charge in [-0.25, -0.2) is 0 Å². The quantitative estimate of drug-likeness (QED) is 0.793. The molecular formula is C14H16N2. The van der Waals surface area contributed by atoms with Crippen LogP contribution in [-0.2, 0) is 0 Å². The average molecular weight is 212 g/mol. The molecule has 0 aliphatic rings. The van der Waals surface area contributed by atoms with Crippen LogP contribution in [0.3, 0.4) is 0 Å². The van der Waals surface area contributed by atoms with Crippen molar-refractivity contribution in [1.82, 2.24) is 4.57 Å². The monoisotopic (exact) mass is 212 g/mol. The SMILES string of the molecule is Cc1cc(=N)ccn1C(C)c1ccccc1. The summed E-state index contributed by atoms with van der Waals surface area (Å²) in [6.45, 7) is 4.21. The minimum Gasteiger partial charge on any atom is -0.344 e. The molecule has 0 fully saturated rings. The summed E-state index contributed by atoms with van der Waals surface area (Å²) in [5.41, 5.74) is 2.40. The first-order chi connectivity index (χ1) is 7.68. The lowest BCUT2D eigenvalue weighted by atomic mass is 10.1. The van der Waals surface area contributed by atoms with Crippen LogP contribution in [0.1, 0.15) is 24.2 Å². The minimum absolute atomic E-state index is 0.307. The summed E-state index contributed by atoms with van der Waals surface area (Å²) in [4.78, 5) is 0. The lowest BCUT2D eigenvalue weighted by Crippen LogP contribution is -2.13. The van der Waals surface area contributed by atoms with E-state index in [1.807, 2.05) is 31.3 Å². The second-order valence-electron chi connectivity index (χ2n) is 4.05. The van der Waals surface area contributed by atoms with E-state index in [0.717, 1.165) is 5.69 Å². The van der Waals surface area contributed by atoms with Gasteiger partial charge in [0.05, 0.1) is 11.4 Å². The van der Waals surface area contributed by atoms with Crippen molar-refractivity contribution < 1.29 is 0 Å². The summed E-state index contributed by atoms with van der Waals surface area (Å²) in [6.07, 6.45) is 1.98. The van der Waals surface area contributed by atoms with Crippen LogP contribution in [0, 0.1) is 12.3 Å². The molecule has 82 valence electrons. The van der Waals surface area contributed by atoms with Crippen molar-refractivity contribution in [2.45, 2.75) is 19.9 Å². The van der Waals surface area contributed by atoms with Crippen molar-refractivity contribution in [1.29, 1.82) is 5.41 Å². The second kappa shape index (κ2) is 4.35. The Morgan fingerprint density at radius 1 is 1.12 bits per heavy atom. The third-order valence-electron chi connectivity index (χ3n) is 2.89. The van der Waals surface area contributed by atoms with Gasteiger partial charge in [0.15, 0.2) is 0 Å². The average Bonchev–Trinajstić information content (AvgIpc) is 2.29. The molecule has 0 spiro atoms. The lowest BCUT2D eigenvalue weighted by Gasteiger charge is -2.19. The highest BCUT2D eigenvalue weighted by Crippen LogP contribution is 2.17. The van der Waals surface area contributed by atoms with Gasteiger partial charge in [-0.15, -0.1) is 0 Å². The van der Waals surface area contributed by atoms with Gasteiger partial charge < -0.3 is 9.98 Å². The van der Waals surface area contributed by atoms with Crippen LogP contribution in [0.25, 0.3) is 0 Å². The van der Waals surface area contributed by atoms with Crippen LogP contribution in [-0.4, -0.2) is 4.57 Å². The Morgan fingerprint density at radius 3 is 2.44 bits per heavy atom. The molecule has 1 heterocycles.